The first-order chi connectivity index (χ1) is 16.7. The van der Waals surface area contributed by atoms with Crippen molar-refractivity contribution < 1.29 is 8.78 Å². The molecule has 2 atom stereocenters. The van der Waals surface area contributed by atoms with Crippen molar-refractivity contribution in [2.75, 3.05) is 0 Å². The maximum absolute atomic E-state index is 14.9. The van der Waals surface area contributed by atoms with Crippen molar-refractivity contribution in [1.29, 1.82) is 0 Å². The minimum absolute atomic E-state index is 0.0305. The highest BCUT2D eigenvalue weighted by Gasteiger charge is 2.30. The molecule has 0 saturated heterocycles. The zero-order chi connectivity index (χ0) is 23.1. The third-order valence-corrected chi connectivity index (χ3v) is 6.70. The number of halogens is 2. The first-order valence-electron chi connectivity index (χ1n) is 11.4. The summed E-state index contributed by atoms with van der Waals surface area (Å²) in [6.45, 7) is 0. The van der Waals surface area contributed by atoms with Crippen LogP contribution in [-0.2, 0) is 0 Å². The van der Waals surface area contributed by atoms with Crippen LogP contribution in [0.15, 0.2) is 67.1 Å². The number of fused-ring (bicyclic) bond motifs is 1. The summed E-state index contributed by atoms with van der Waals surface area (Å²) in [7, 11) is 0. The van der Waals surface area contributed by atoms with Gasteiger partial charge in [0.05, 0.1) is 17.3 Å². The summed E-state index contributed by atoms with van der Waals surface area (Å²) in [6.07, 6.45) is 6.63. The normalized spacial score (nSPS) is 18.4. The van der Waals surface area contributed by atoms with Crippen molar-refractivity contribution in [1.82, 2.24) is 29.7 Å². The fourth-order valence-corrected chi connectivity index (χ4v) is 5.15. The van der Waals surface area contributed by atoms with Crippen molar-refractivity contribution in [3.8, 4) is 22.9 Å². The molecule has 1 aliphatic carbocycles. The van der Waals surface area contributed by atoms with Crippen molar-refractivity contribution in [3.63, 3.8) is 0 Å². The molecule has 6 nitrogen and oxygen atoms in total. The molecule has 1 aliphatic rings. The van der Waals surface area contributed by atoms with E-state index >= 15 is 0 Å². The summed E-state index contributed by atoms with van der Waals surface area (Å²) in [4.78, 5) is 13.5. The van der Waals surface area contributed by atoms with Gasteiger partial charge in [-0.05, 0) is 55.0 Å². The Labute approximate surface area is 194 Å². The molecule has 5 aromatic rings. The van der Waals surface area contributed by atoms with E-state index in [0.29, 0.717) is 28.4 Å². The van der Waals surface area contributed by atoms with Gasteiger partial charge in [-0.15, -0.1) is 0 Å². The minimum atomic E-state index is -0.330. The highest BCUT2D eigenvalue weighted by molar-refractivity contribution is 5.83. The van der Waals surface area contributed by atoms with E-state index in [9.17, 15) is 8.78 Å². The largest absolute Gasteiger partial charge is 0.321 e. The Balaban J connectivity index is 1.51. The lowest BCUT2D eigenvalue weighted by Gasteiger charge is -2.32. The molecule has 0 amide bonds. The summed E-state index contributed by atoms with van der Waals surface area (Å²) >= 11 is 0. The molecule has 34 heavy (non-hydrogen) atoms. The molecule has 0 bridgehead atoms. The Morgan fingerprint density at radius 2 is 1.76 bits per heavy atom. The molecule has 6 rings (SSSR count). The second kappa shape index (κ2) is 8.44. The number of rotatable bonds is 4. The van der Waals surface area contributed by atoms with Crippen LogP contribution < -0.4 is 0 Å². The van der Waals surface area contributed by atoms with E-state index in [2.05, 4.69) is 24.7 Å². The summed E-state index contributed by atoms with van der Waals surface area (Å²) in [6, 6.07) is 15.6. The molecule has 2 aromatic carbocycles. The fraction of sp³-hybridized carbons (Fsp3) is 0.231. The van der Waals surface area contributed by atoms with Crippen LogP contribution in [0.2, 0.25) is 0 Å². The molecule has 1 N–H and O–H groups in total. The summed E-state index contributed by atoms with van der Waals surface area (Å²) in [5, 5.41) is 6.77. The minimum Gasteiger partial charge on any atom is -0.321 e. The molecule has 0 aliphatic heterocycles. The number of H-pyrrole nitrogens is 1. The number of aromatic amines is 1. The van der Waals surface area contributed by atoms with E-state index in [4.69, 9.17) is 4.98 Å². The standard InChI is InChI=1S/C26H22F2N6/c27-20-10-3-1-8-18(20)16-6-5-7-17(12-16)34-24-13-22(25-30-15-31-33-25)29-14-23(24)32-26(34)19-9-2-4-11-21(19)28/h1-4,8-11,13-17H,5-7,12H2,(H,30,31,33). The van der Waals surface area contributed by atoms with Crippen LogP contribution in [0.5, 0.6) is 0 Å². The van der Waals surface area contributed by atoms with Gasteiger partial charge in [-0.3, -0.25) is 10.1 Å². The lowest BCUT2D eigenvalue weighted by molar-refractivity contribution is 0.321. The Kier molecular flexibility index (Phi) is 5.13. The second-order valence-electron chi connectivity index (χ2n) is 8.72. The molecule has 170 valence electrons. The van der Waals surface area contributed by atoms with Gasteiger partial charge in [-0.25, -0.2) is 18.7 Å². The number of hydrogen-bond acceptors (Lipinski definition) is 4. The Hall–Kier alpha value is -3.94. The zero-order valence-corrected chi connectivity index (χ0v) is 18.3. The van der Waals surface area contributed by atoms with Gasteiger partial charge in [0.25, 0.3) is 0 Å². The predicted molar refractivity (Wildman–Crippen MR) is 125 cm³/mol. The van der Waals surface area contributed by atoms with Crippen LogP contribution in [0.4, 0.5) is 8.78 Å². The highest BCUT2D eigenvalue weighted by atomic mass is 19.1. The van der Waals surface area contributed by atoms with Crippen molar-refractivity contribution in [3.05, 3.63) is 84.3 Å². The van der Waals surface area contributed by atoms with Gasteiger partial charge < -0.3 is 4.57 Å². The summed E-state index contributed by atoms with van der Waals surface area (Å²) in [5.41, 5.74) is 3.34. The average molecular weight is 457 g/mol. The van der Waals surface area contributed by atoms with E-state index in [0.717, 1.165) is 36.8 Å². The van der Waals surface area contributed by atoms with Crippen LogP contribution >= 0.6 is 0 Å². The Morgan fingerprint density at radius 3 is 2.56 bits per heavy atom. The van der Waals surface area contributed by atoms with Crippen LogP contribution in [0.25, 0.3) is 33.9 Å². The monoisotopic (exact) mass is 456 g/mol. The number of nitrogens with one attached hydrogen (secondary N) is 1. The van der Waals surface area contributed by atoms with Crippen molar-refractivity contribution in [2.24, 2.45) is 0 Å². The summed E-state index contributed by atoms with van der Waals surface area (Å²) in [5.74, 6) is 0.693. The van der Waals surface area contributed by atoms with Crippen LogP contribution in [0.3, 0.4) is 0 Å². The lowest BCUT2D eigenvalue weighted by atomic mass is 9.81. The molecule has 8 heteroatoms. The topological polar surface area (TPSA) is 72.3 Å². The fourth-order valence-electron chi connectivity index (χ4n) is 5.15. The molecular weight excluding hydrogens is 434 g/mol. The third kappa shape index (κ3) is 3.55. The summed E-state index contributed by atoms with van der Waals surface area (Å²) < 4.78 is 31.6. The number of hydrogen-bond donors (Lipinski definition) is 1. The maximum Gasteiger partial charge on any atom is 0.174 e. The third-order valence-electron chi connectivity index (χ3n) is 6.70. The number of aromatic nitrogens is 6. The van der Waals surface area contributed by atoms with E-state index in [1.54, 1.807) is 24.4 Å². The first kappa shape index (κ1) is 20.7. The first-order valence-corrected chi connectivity index (χ1v) is 11.4. The van der Waals surface area contributed by atoms with Gasteiger partial charge in [-0.2, -0.15) is 5.10 Å². The lowest BCUT2D eigenvalue weighted by Crippen LogP contribution is -2.20. The predicted octanol–water partition coefficient (Wildman–Crippen LogP) is 6.06. The van der Waals surface area contributed by atoms with E-state index < -0.39 is 0 Å². The van der Waals surface area contributed by atoms with Crippen LogP contribution in [0.1, 0.15) is 43.2 Å². The van der Waals surface area contributed by atoms with Gasteiger partial charge in [0.2, 0.25) is 0 Å². The maximum atomic E-state index is 14.9. The van der Waals surface area contributed by atoms with Crippen LogP contribution in [-0.4, -0.2) is 29.7 Å². The molecule has 0 radical (unpaired) electrons. The number of imidazole rings is 1. The molecule has 3 heterocycles. The van der Waals surface area contributed by atoms with E-state index in [-0.39, 0.29) is 23.6 Å². The molecule has 1 saturated carbocycles. The molecule has 2 unspecified atom stereocenters. The van der Waals surface area contributed by atoms with E-state index in [1.165, 1.54) is 18.5 Å². The van der Waals surface area contributed by atoms with E-state index in [1.807, 2.05) is 24.3 Å². The van der Waals surface area contributed by atoms with Gasteiger partial charge in [0.15, 0.2) is 5.82 Å². The van der Waals surface area contributed by atoms with Crippen LogP contribution in [0, 0.1) is 11.6 Å². The molecule has 3 aromatic heterocycles. The van der Waals surface area contributed by atoms with Crippen molar-refractivity contribution in [2.45, 2.75) is 37.6 Å². The quantitative estimate of drug-likeness (QED) is 0.357. The second-order valence-corrected chi connectivity index (χ2v) is 8.72. The van der Waals surface area contributed by atoms with Gasteiger partial charge >= 0.3 is 0 Å². The van der Waals surface area contributed by atoms with Gasteiger partial charge in [-0.1, -0.05) is 36.8 Å². The van der Waals surface area contributed by atoms with Gasteiger partial charge in [0, 0.05) is 6.04 Å². The highest BCUT2D eigenvalue weighted by Crippen LogP contribution is 2.43. The Morgan fingerprint density at radius 1 is 0.941 bits per heavy atom. The Bertz CT molecular complexity index is 1460. The van der Waals surface area contributed by atoms with Crippen molar-refractivity contribution >= 4 is 11.0 Å². The number of nitrogens with zero attached hydrogens (tertiary/aromatic N) is 5. The van der Waals surface area contributed by atoms with Gasteiger partial charge in [0.1, 0.15) is 35.0 Å². The number of benzene rings is 2. The molecule has 0 spiro atoms. The SMILES string of the molecule is Fc1ccccc1-c1nc2cnc(-c3ncn[nH]3)cc2n1C1CCCC(c2ccccc2F)C1. The molecule has 1 fully saturated rings. The number of pyridine rings is 1. The zero-order valence-electron chi connectivity index (χ0n) is 18.3. The average Bonchev–Trinajstić information content (AvgIpc) is 3.53. The molecular formula is C26H22F2N6. The smallest absolute Gasteiger partial charge is 0.174 e.